The maximum absolute atomic E-state index is 5.79. The van der Waals surface area contributed by atoms with E-state index in [1.165, 1.54) is 18.4 Å². The van der Waals surface area contributed by atoms with E-state index in [9.17, 15) is 0 Å². The summed E-state index contributed by atoms with van der Waals surface area (Å²) in [7, 11) is 0. The topological polar surface area (TPSA) is 51.0 Å². The summed E-state index contributed by atoms with van der Waals surface area (Å²) < 4.78 is 5.79. The first-order valence-corrected chi connectivity index (χ1v) is 7.36. The summed E-state index contributed by atoms with van der Waals surface area (Å²) in [6.45, 7) is 2.14. The number of rotatable bonds is 4. The monoisotopic (exact) mass is 279 g/mol. The number of nitrogens with zero attached hydrogens (tertiary/aromatic N) is 2. The first-order valence-electron chi connectivity index (χ1n) is 7.36. The van der Waals surface area contributed by atoms with E-state index in [1.807, 2.05) is 36.7 Å². The number of oxazole rings is 1. The molecule has 0 saturated heterocycles. The summed E-state index contributed by atoms with van der Waals surface area (Å²) in [6.07, 6.45) is 6.04. The van der Waals surface area contributed by atoms with Crippen LogP contribution in [0.1, 0.15) is 43.2 Å². The SMILES string of the molecule is CC(Nc1ccc2oc(C3CC3)nc2c1)c1ccncc1. The molecule has 0 aliphatic heterocycles. The lowest BCUT2D eigenvalue weighted by atomic mass is 10.1. The summed E-state index contributed by atoms with van der Waals surface area (Å²) in [5.74, 6) is 1.44. The standard InChI is InChI=1S/C17H17N3O/c1-11(12-6-8-18-9-7-12)19-14-4-5-16-15(10-14)20-17(21-16)13-2-3-13/h4-11,13,19H,2-3H2,1H3. The Morgan fingerprint density at radius 1 is 1.19 bits per heavy atom. The van der Waals surface area contributed by atoms with Crippen LogP contribution in [0.5, 0.6) is 0 Å². The minimum atomic E-state index is 0.222. The van der Waals surface area contributed by atoms with Gasteiger partial charge in [-0.05, 0) is 55.7 Å². The molecule has 1 aromatic carbocycles. The molecule has 106 valence electrons. The largest absolute Gasteiger partial charge is 0.440 e. The van der Waals surface area contributed by atoms with E-state index in [1.54, 1.807) is 0 Å². The summed E-state index contributed by atoms with van der Waals surface area (Å²) in [6, 6.07) is 10.4. The van der Waals surface area contributed by atoms with Gasteiger partial charge in [0, 0.05) is 30.0 Å². The molecule has 21 heavy (non-hydrogen) atoms. The van der Waals surface area contributed by atoms with Gasteiger partial charge in [-0.2, -0.15) is 0 Å². The Balaban J connectivity index is 1.58. The summed E-state index contributed by atoms with van der Waals surface area (Å²) in [5, 5.41) is 3.49. The van der Waals surface area contributed by atoms with Crippen LogP contribution >= 0.6 is 0 Å². The molecular formula is C17H17N3O. The maximum atomic E-state index is 5.79. The molecule has 4 heteroatoms. The fourth-order valence-electron chi connectivity index (χ4n) is 2.53. The summed E-state index contributed by atoms with van der Waals surface area (Å²) in [4.78, 5) is 8.65. The van der Waals surface area contributed by atoms with Crippen molar-refractivity contribution in [1.82, 2.24) is 9.97 Å². The smallest absolute Gasteiger partial charge is 0.198 e. The van der Waals surface area contributed by atoms with Crippen molar-refractivity contribution in [3.63, 3.8) is 0 Å². The van der Waals surface area contributed by atoms with Crippen molar-refractivity contribution in [3.8, 4) is 0 Å². The number of hydrogen-bond acceptors (Lipinski definition) is 4. The second-order valence-corrected chi connectivity index (χ2v) is 5.66. The molecule has 0 spiro atoms. The molecule has 1 N–H and O–H groups in total. The average Bonchev–Trinajstić information content (AvgIpc) is 3.28. The highest BCUT2D eigenvalue weighted by molar-refractivity contribution is 5.77. The summed E-state index contributed by atoms with van der Waals surface area (Å²) in [5.41, 5.74) is 4.08. The van der Waals surface area contributed by atoms with Gasteiger partial charge >= 0.3 is 0 Å². The molecule has 0 radical (unpaired) electrons. The molecule has 4 rings (SSSR count). The van der Waals surface area contributed by atoms with Crippen molar-refractivity contribution < 1.29 is 4.42 Å². The van der Waals surface area contributed by atoms with Gasteiger partial charge < -0.3 is 9.73 Å². The highest BCUT2D eigenvalue weighted by Crippen LogP contribution is 2.40. The van der Waals surface area contributed by atoms with Crippen LogP contribution in [0.15, 0.2) is 47.1 Å². The second kappa shape index (κ2) is 4.88. The molecule has 1 saturated carbocycles. The molecule has 3 aromatic rings. The Morgan fingerprint density at radius 3 is 2.76 bits per heavy atom. The zero-order valence-corrected chi connectivity index (χ0v) is 11.9. The van der Waals surface area contributed by atoms with Gasteiger partial charge in [-0.25, -0.2) is 4.98 Å². The number of nitrogens with one attached hydrogen (secondary N) is 1. The van der Waals surface area contributed by atoms with Crippen molar-refractivity contribution >= 4 is 16.8 Å². The molecule has 1 aliphatic rings. The van der Waals surface area contributed by atoms with Gasteiger partial charge in [-0.3, -0.25) is 4.98 Å². The molecule has 2 aromatic heterocycles. The van der Waals surface area contributed by atoms with Crippen LogP contribution in [0.25, 0.3) is 11.1 Å². The average molecular weight is 279 g/mol. The fourth-order valence-corrected chi connectivity index (χ4v) is 2.53. The van der Waals surface area contributed by atoms with Crippen molar-refractivity contribution in [2.75, 3.05) is 5.32 Å². The van der Waals surface area contributed by atoms with Crippen LogP contribution in [0.4, 0.5) is 5.69 Å². The van der Waals surface area contributed by atoms with Gasteiger partial charge in [0.2, 0.25) is 0 Å². The van der Waals surface area contributed by atoms with Gasteiger partial charge in [0.25, 0.3) is 0 Å². The van der Waals surface area contributed by atoms with Crippen LogP contribution in [-0.2, 0) is 0 Å². The Morgan fingerprint density at radius 2 is 2.00 bits per heavy atom. The van der Waals surface area contributed by atoms with Crippen LogP contribution in [0.2, 0.25) is 0 Å². The minimum absolute atomic E-state index is 0.222. The highest BCUT2D eigenvalue weighted by atomic mass is 16.3. The Bertz CT molecular complexity index is 762. The third-order valence-electron chi connectivity index (χ3n) is 3.92. The Kier molecular flexibility index (Phi) is 2.88. The molecular weight excluding hydrogens is 262 g/mol. The van der Waals surface area contributed by atoms with Gasteiger partial charge in [0.1, 0.15) is 5.52 Å². The first kappa shape index (κ1) is 12.4. The number of aromatic nitrogens is 2. The minimum Gasteiger partial charge on any atom is -0.440 e. The van der Waals surface area contributed by atoms with Crippen LogP contribution < -0.4 is 5.32 Å². The van der Waals surface area contributed by atoms with Crippen molar-refractivity contribution in [1.29, 1.82) is 0 Å². The van der Waals surface area contributed by atoms with E-state index < -0.39 is 0 Å². The summed E-state index contributed by atoms with van der Waals surface area (Å²) >= 11 is 0. The predicted octanol–water partition coefficient (Wildman–Crippen LogP) is 4.27. The van der Waals surface area contributed by atoms with E-state index in [4.69, 9.17) is 4.42 Å². The van der Waals surface area contributed by atoms with E-state index >= 15 is 0 Å². The molecule has 1 fully saturated rings. The van der Waals surface area contributed by atoms with Crippen LogP contribution in [-0.4, -0.2) is 9.97 Å². The van der Waals surface area contributed by atoms with Crippen molar-refractivity contribution in [2.45, 2.75) is 31.7 Å². The van der Waals surface area contributed by atoms with Crippen LogP contribution in [0.3, 0.4) is 0 Å². The second-order valence-electron chi connectivity index (χ2n) is 5.66. The zero-order chi connectivity index (χ0) is 14.2. The number of benzene rings is 1. The molecule has 1 aliphatic carbocycles. The Labute approximate surface area is 123 Å². The third kappa shape index (κ3) is 2.49. The number of hydrogen-bond donors (Lipinski definition) is 1. The third-order valence-corrected chi connectivity index (χ3v) is 3.92. The normalized spacial score (nSPS) is 16.0. The molecule has 2 heterocycles. The highest BCUT2D eigenvalue weighted by Gasteiger charge is 2.28. The molecule has 4 nitrogen and oxygen atoms in total. The van der Waals surface area contributed by atoms with Crippen molar-refractivity contribution in [2.24, 2.45) is 0 Å². The van der Waals surface area contributed by atoms with E-state index in [0.717, 1.165) is 22.7 Å². The van der Waals surface area contributed by atoms with E-state index in [2.05, 4.69) is 28.3 Å². The van der Waals surface area contributed by atoms with E-state index in [0.29, 0.717) is 5.92 Å². The lowest BCUT2D eigenvalue weighted by Crippen LogP contribution is -2.06. The number of fused-ring (bicyclic) bond motifs is 1. The van der Waals surface area contributed by atoms with Gasteiger partial charge in [-0.15, -0.1) is 0 Å². The quantitative estimate of drug-likeness (QED) is 0.774. The van der Waals surface area contributed by atoms with Crippen LogP contribution in [0, 0.1) is 0 Å². The van der Waals surface area contributed by atoms with Gasteiger partial charge in [0.15, 0.2) is 11.5 Å². The molecule has 1 unspecified atom stereocenters. The zero-order valence-electron chi connectivity index (χ0n) is 11.9. The predicted molar refractivity (Wildman–Crippen MR) is 82.3 cm³/mol. The van der Waals surface area contributed by atoms with E-state index in [-0.39, 0.29) is 6.04 Å². The van der Waals surface area contributed by atoms with Crippen molar-refractivity contribution in [3.05, 3.63) is 54.2 Å². The molecule has 0 amide bonds. The van der Waals surface area contributed by atoms with Gasteiger partial charge in [0.05, 0.1) is 0 Å². The molecule has 0 bridgehead atoms. The number of pyridine rings is 1. The first-order chi connectivity index (χ1) is 10.3. The lowest BCUT2D eigenvalue weighted by Gasteiger charge is -2.15. The number of anilines is 1. The van der Waals surface area contributed by atoms with Gasteiger partial charge in [-0.1, -0.05) is 0 Å². The fraction of sp³-hybridized carbons (Fsp3) is 0.294. The molecule has 1 atom stereocenters. The lowest BCUT2D eigenvalue weighted by molar-refractivity contribution is 0.533. The maximum Gasteiger partial charge on any atom is 0.198 e. The Hall–Kier alpha value is -2.36.